The highest BCUT2D eigenvalue weighted by Gasteiger charge is 2.36. The van der Waals surface area contributed by atoms with Crippen molar-refractivity contribution in [2.45, 2.75) is 104 Å². The zero-order chi connectivity index (χ0) is 21.7. The van der Waals surface area contributed by atoms with Crippen LogP contribution in [0.2, 0.25) is 0 Å². The van der Waals surface area contributed by atoms with E-state index in [-0.39, 0.29) is 6.61 Å². The second kappa shape index (κ2) is 8.84. The van der Waals surface area contributed by atoms with Gasteiger partial charge in [0.2, 0.25) is 0 Å². The van der Waals surface area contributed by atoms with Crippen molar-refractivity contribution in [1.29, 1.82) is 0 Å². The summed E-state index contributed by atoms with van der Waals surface area (Å²) in [6, 6.07) is 0. The van der Waals surface area contributed by atoms with Gasteiger partial charge in [0.1, 0.15) is 11.1 Å². The van der Waals surface area contributed by atoms with Crippen LogP contribution in [0.3, 0.4) is 0 Å². The van der Waals surface area contributed by atoms with Gasteiger partial charge in [-0.15, -0.1) is 0 Å². The number of nitrogens with zero attached hydrogens (tertiary/aromatic N) is 4. The van der Waals surface area contributed by atoms with E-state index < -0.39 is 28.5 Å². The quantitative estimate of drug-likeness (QED) is 0.153. The van der Waals surface area contributed by atoms with Gasteiger partial charge in [0.15, 0.2) is 5.54 Å². The fourth-order valence-corrected chi connectivity index (χ4v) is 1.83. The number of hydroxylamine groups is 2. The van der Waals surface area contributed by atoms with E-state index in [1.807, 2.05) is 20.8 Å². The Labute approximate surface area is 162 Å². The average molecular weight is 389 g/mol. The van der Waals surface area contributed by atoms with Gasteiger partial charge in [0, 0.05) is 34.1 Å². The Kier molecular flexibility index (Phi) is 8.21. The highest BCUT2D eigenvalue weighted by molar-refractivity contribution is 5.60. The van der Waals surface area contributed by atoms with Crippen LogP contribution < -0.4 is 0 Å². The molecule has 0 unspecified atom stereocenters. The molecule has 0 bridgehead atoms. The number of hydrogen-bond acceptors (Lipinski definition) is 7. The molecule has 0 aromatic rings. The lowest BCUT2D eigenvalue weighted by Crippen LogP contribution is -2.39. The molecule has 0 heterocycles. The van der Waals surface area contributed by atoms with Crippen LogP contribution >= 0.6 is 0 Å². The van der Waals surface area contributed by atoms with Gasteiger partial charge in [-0.1, -0.05) is 9.72 Å². The first kappa shape index (κ1) is 25.1. The van der Waals surface area contributed by atoms with Crippen LogP contribution in [0.1, 0.15) is 82.1 Å². The van der Waals surface area contributed by atoms with Gasteiger partial charge in [-0.3, -0.25) is 0 Å². The molecule has 0 aromatic heterocycles. The van der Waals surface area contributed by atoms with E-state index in [0.29, 0.717) is 22.6 Å². The second-order valence-electron chi connectivity index (χ2n) is 9.65. The summed E-state index contributed by atoms with van der Waals surface area (Å²) in [5.41, 5.74) is -3.27. The summed E-state index contributed by atoms with van der Waals surface area (Å²) in [7, 11) is 0. The molecule has 0 N–H and O–H groups in total. The first-order chi connectivity index (χ1) is 11.9. The maximum absolute atomic E-state index is 12.2. The first-order valence-electron chi connectivity index (χ1n) is 9.12. The minimum Gasteiger partial charge on any atom is -0.599 e. The SMILES string of the molecule is CC(C)(C)/N=[N+](\[O-])C(C)(C)CCCOC(=O)OC(C)(C)/[N+]([O-])=N/C(C)(C)C. The first-order valence-corrected chi connectivity index (χ1v) is 9.12. The molecule has 9 heteroatoms. The van der Waals surface area contributed by atoms with Crippen LogP contribution in [0.4, 0.5) is 4.79 Å². The molecule has 0 rings (SSSR count). The Hall–Kier alpha value is -1.93. The fraction of sp³-hybridized carbons (Fsp3) is 0.944. The maximum atomic E-state index is 12.2. The topological polar surface area (TPSA) is 112 Å². The number of rotatable bonds is 7. The van der Waals surface area contributed by atoms with Gasteiger partial charge in [0.05, 0.1) is 6.61 Å². The molecule has 0 aliphatic rings. The Balaban J connectivity index is 4.57. The van der Waals surface area contributed by atoms with Crippen molar-refractivity contribution in [3.8, 4) is 0 Å². The van der Waals surface area contributed by atoms with Gasteiger partial charge in [0.25, 0.3) is 0 Å². The van der Waals surface area contributed by atoms with Crippen molar-refractivity contribution in [3.05, 3.63) is 10.4 Å². The van der Waals surface area contributed by atoms with Crippen LogP contribution in [0.15, 0.2) is 10.2 Å². The third-order valence-corrected chi connectivity index (χ3v) is 3.25. The zero-order valence-electron chi connectivity index (χ0n) is 18.5. The summed E-state index contributed by atoms with van der Waals surface area (Å²) in [5.74, 6) is 0. The molecule has 0 fully saturated rings. The Morgan fingerprint density at radius 3 is 1.74 bits per heavy atom. The van der Waals surface area contributed by atoms with Crippen LogP contribution in [0, 0.1) is 10.4 Å². The lowest BCUT2D eigenvalue weighted by molar-refractivity contribution is -0.653. The predicted molar refractivity (Wildman–Crippen MR) is 101 cm³/mol. The lowest BCUT2D eigenvalue weighted by Gasteiger charge is -2.24. The van der Waals surface area contributed by atoms with Crippen molar-refractivity contribution < 1.29 is 24.0 Å². The monoisotopic (exact) mass is 388 g/mol. The predicted octanol–water partition coefficient (Wildman–Crippen LogP) is 4.96. The molecule has 158 valence electrons. The van der Waals surface area contributed by atoms with Gasteiger partial charge in [-0.05, 0) is 58.2 Å². The molecule has 0 atom stereocenters. The zero-order valence-corrected chi connectivity index (χ0v) is 18.5. The van der Waals surface area contributed by atoms with E-state index >= 15 is 0 Å². The smallest absolute Gasteiger partial charge is 0.513 e. The van der Waals surface area contributed by atoms with E-state index in [2.05, 4.69) is 10.2 Å². The van der Waals surface area contributed by atoms with Gasteiger partial charge >= 0.3 is 11.9 Å². The van der Waals surface area contributed by atoms with Crippen LogP contribution in [-0.4, -0.2) is 44.8 Å². The molecule has 0 saturated heterocycles. The molecule has 27 heavy (non-hydrogen) atoms. The number of carbonyl (C=O) groups is 1. The number of ether oxygens (including phenoxy) is 2. The van der Waals surface area contributed by atoms with E-state index in [9.17, 15) is 15.2 Å². The van der Waals surface area contributed by atoms with Crippen molar-refractivity contribution in [3.63, 3.8) is 0 Å². The molecule has 0 radical (unpaired) electrons. The summed E-state index contributed by atoms with van der Waals surface area (Å²) in [6.07, 6.45) is -0.0325. The largest absolute Gasteiger partial charge is 0.599 e. The van der Waals surface area contributed by atoms with Crippen molar-refractivity contribution in [2.24, 2.45) is 10.2 Å². The van der Waals surface area contributed by atoms with Gasteiger partial charge < -0.3 is 19.9 Å². The van der Waals surface area contributed by atoms with E-state index in [1.165, 1.54) is 13.8 Å². The third kappa shape index (κ3) is 10.7. The summed E-state index contributed by atoms with van der Waals surface area (Å²) < 4.78 is 10.1. The van der Waals surface area contributed by atoms with Crippen molar-refractivity contribution in [1.82, 2.24) is 0 Å². The molecule has 0 aliphatic heterocycles. The molecular weight excluding hydrogens is 352 g/mol. The molecule has 0 amide bonds. The van der Waals surface area contributed by atoms with E-state index in [0.717, 1.165) is 0 Å². The summed E-state index contributed by atoms with van der Waals surface area (Å²) in [6.45, 7) is 17.3. The minimum atomic E-state index is -1.49. The highest BCUT2D eigenvalue weighted by Crippen LogP contribution is 2.20. The highest BCUT2D eigenvalue weighted by atomic mass is 16.8. The van der Waals surface area contributed by atoms with Crippen LogP contribution in [0.25, 0.3) is 0 Å². The number of carbonyl (C=O) groups excluding carboxylic acids is 1. The summed E-state index contributed by atoms with van der Waals surface area (Å²) >= 11 is 0. The Morgan fingerprint density at radius 2 is 1.30 bits per heavy atom. The van der Waals surface area contributed by atoms with Crippen LogP contribution in [-0.2, 0) is 9.47 Å². The minimum absolute atomic E-state index is 0.0664. The summed E-state index contributed by atoms with van der Waals surface area (Å²) in [5, 5.41) is 32.2. The average Bonchev–Trinajstić information content (AvgIpc) is 2.39. The lowest BCUT2D eigenvalue weighted by atomic mass is 10.00. The number of azo groups is 2. The maximum Gasteiger partial charge on any atom is 0.513 e. The van der Waals surface area contributed by atoms with Crippen LogP contribution in [0.5, 0.6) is 0 Å². The number of hydrogen-bond donors (Lipinski definition) is 0. The fourth-order valence-electron chi connectivity index (χ4n) is 1.83. The molecular formula is C18H36N4O5. The van der Waals surface area contributed by atoms with E-state index in [4.69, 9.17) is 9.47 Å². The molecule has 9 nitrogen and oxygen atoms in total. The Bertz CT molecular complexity index is 569. The molecule has 0 saturated carbocycles. The van der Waals surface area contributed by atoms with Crippen molar-refractivity contribution >= 4 is 6.16 Å². The second-order valence-corrected chi connectivity index (χ2v) is 9.65. The Morgan fingerprint density at radius 1 is 0.852 bits per heavy atom. The standard InChI is InChI=1S/C18H36N4O5/c1-15(2,3)19-21(24)17(7,8)12-11-13-26-14(23)27-18(9,10)22(25)20-16(4,5)6/h11-13H2,1-10H3/b21-19-,22-20-. The molecule has 0 aromatic carbocycles. The molecule has 0 spiro atoms. The van der Waals surface area contributed by atoms with Gasteiger partial charge in [-0.2, -0.15) is 0 Å². The molecule has 0 aliphatic carbocycles. The third-order valence-electron chi connectivity index (χ3n) is 3.25. The van der Waals surface area contributed by atoms with E-state index in [1.54, 1.807) is 34.6 Å². The normalized spacial score (nSPS) is 14.9. The van der Waals surface area contributed by atoms with Crippen molar-refractivity contribution in [2.75, 3.05) is 6.61 Å². The van der Waals surface area contributed by atoms with Gasteiger partial charge in [-0.25, -0.2) is 4.79 Å². The summed E-state index contributed by atoms with van der Waals surface area (Å²) in [4.78, 5) is 12.9.